The van der Waals surface area contributed by atoms with Crippen molar-refractivity contribution in [2.24, 2.45) is 0 Å². The standard InChI is InChI=1S/C23H24F2N6O/c1-13-7-5-6-8-17(13)11-30-15(3)10-19(29-30)27-20(32)12-31-23-21(16(4)28-31)18(22(24)25)9-14(2)26-23/h5-10,22H,11-12H2,1-4H3,(H,27,29,32). The van der Waals surface area contributed by atoms with E-state index in [9.17, 15) is 13.6 Å². The van der Waals surface area contributed by atoms with Gasteiger partial charge in [0.2, 0.25) is 5.91 Å². The molecular formula is C23H24F2N6O. The minimum atomic E-state index is -2.65. The van der Waals surface area contributed by atoms with Crippen LogP contribution in [-0.2, 0) is 17.9 Å². The summed E-state index contributed by atoms with van der Waals surface area (Å²) in [5.41, 5.74) is 4.22. The molecule has 3 aromatic heterocycles. The summed E-state index contributed by atoms with van der Waals surface area (Å²) in [6.45, 7) is 7.68. The summed E-state index contributed by atoms with van der Waals surface area (Å²) in [6.07, 6.45) is -2.65. The number of pyridine rings is 1. The van der Waals surface area contributed by atoms with Gasteiger partial charge in [-0.15, -0.1) is 0 Å². The van der Waals surface area contributed by atoms with Gasteiger partial charge in [-0.05, 0) is 44.9 Å². The summed E-state index contributed by atoms with van der Waals surface area (Å²) >= 11 is 0. The van der Waals surface area contributed by atoms with E-state index in [0.717, 1.165) is 11.3 Å². The van der Waals surface area contributed by atoms with Crippen LogP contribution in [0.3, 0.4) is 0 Å². The Bertz CT molecular complexity index is 1310. The molecule has 0 saturated heterocycles. The van der Waals surface area contributed by atoms with Crippen LogP contribution in [0.15, 0.2) is 36.4 Å². The fraction of sp³-hybridized carbons (Fsp3) is 0.304. The zero-order valence-corrected chi connectivity index (χ0v) is 18.4. The second-order valence-electron chi connectivity index (χ2n) is 7.90. The highest BCUT2D eigenvalue weighted by molar-refractivity contribution is 5.91. The van der Waals surface area contributed by atoms with Gasteiger partial charge in [0.05, 0.1) is 17.6 Å². The summed E-state index contributed by atoms with van der Waals surface area (Å²) < 4.78 is 30.1. The number of aryl methyl sites for hydroxylation is 4. The maximum absolute atomic E-state index is 13.5. The van der Waals surface area contributed by atoms with E-state index in [-0.39, 0.29) is 29.0 Å². The number of aromatic nitrogens is 5. The Morgan fingerprint density at radius 2 is 1.81 bits per heavy atom. The van der Waals surface area contributed by atoms with Crippen LogP contribution in [0.2, 0.25) is 0 Å². The number of rotatable bonds is 6. The second-order valence-corrected chi connectivity index (χ2v) is 7.90. The lowest BCUT2D eigenvalue weighted by Crippen LogP contribution is -2.20. The van der Waals surface area contributed by atoms with Crippen LogP contribution in [-0.4, -0.2) is 30.5 Å². The quantitative estimate of drug-likeness (QED) is 0.481. The lowest BCUT2D eigenvalue weighted by molar-refractivity contribution is -0.116. The average molecular weight is 438 g/mol. The monoisotopic (exact) mass is 438 g/mol. The van der Waals surface area contributed by atoms with Crippen molar-refractivity contribution in [1.82, 2.24) is 24.5 Å². The molecule has 166 valence electrons. The Labute approximate surface area is 184 Å². The summed E-state index contributed by atoms with van der Waals surface area (Å²) in [4.78, 5) is 17.0. The van der Waals surface area contributed by atoms with E-state index in [4.69, 9.17) is 0 Å². The van der Waals surface area contributed by atoms with E-state index in [1.807, 2.05) is 42.8 Å². The molecule has 7 nitrogen and oxygen atoms in total. The number of nitrogens with one attached hydrogen (secondary N) is 1. The summed E-state index contributed by atoms with van der Waals surface area (Å²) in [5.74, 6) is 0.0588. The number of fused-ring (bicyclic) bond motifs is 1. The van der Waals surface area contributed by atoms with Gasteiger partial charge in [0.25, 0.3) is 6.43 Å². The summed E-state index contributed by atoms with van der Waals surface area (Å²) in [6, 6.07) is 11.2. The van der Waals surface area contributed by atoms with E-state index < -0.39 is 6.43 Å². The topological polar surface area (TPSA) is 77.6 Å². The van der Waals surface area contributed by atoms with Crippen molar-refractivity contribution in [3.63, 3.8) is 0 Å². The van der Waals surface area contributed by atoms with Crippen LogP contribution in [0.4, 0.5) is 14.6 Å². The first-order chi connectivity index (χ1) is 15.2. The molecule has 1 amide bonds. The molecule has 4 aromatic rings. The van der Waals surface area contributed by atoms with Crippen molar-refractivity contribution in [2.45, 2.75) is 47.2 Å². The van der Waals surface area contributed by atoms with Gasteiger partial charge in [0.1, 0.15) is 6.54 Å². The molecule has 0 fully saturated rings. The maximum Gasteiger partial charge on any atom is 0.264 e. The van der Waals surface area contributed by atoms with Gasteiger partial charge in [-0.3, -0.25) is 9.48 Å². The molecule has 0 aliphatic rings. The highest BCUT2D eigenvalue weighted by atomic mass is 19.3. The number of hydrogen-bond acceptors (Lipinski definition) is 4. The molecule has 4 rings (SSSR count). The first-order valence-electron chi connectivity index (χ1n) is 10.2. The Morgan fingerprint density at radius 1 is 1.06 bits per heavy atom. The molecule has 0 aliphatic heterocycles. The molecule has 1 N–H and O–H groups in total. The number of nitrogens with zero attached hydrogens (tertiary/aromatic N) is 5. The smallest absolute Gasteiger partial charge is 0.264 e. The molecule has 9 heteroatoms. The van der Waals surface area contributed by atoms with Gasteiger partial charge >= 0.3 is 0 Å². The van der Waals surface area contributed by atoms with Gasteiger partial charge in [0.15, 0.2) is 11.5 Å². The Hall–Kier alpha value is -3.62. The highest BCUT2D eigenvalue weighted by Crippen LogP contribution is 2.30. The summed E-state index contributed by atoms with van der Waals surface area (Å²) in [7, 11) is 0. The lowest BCUT2D eigenvalue weighted by Gasteiger charge is -2.08. The van der Waals surface area contributed by atoms with Crippen molar-refractivity contribution >= 4 is 22.8 Å². The Balaban J connectivity index is 1.54. The number of hydrogen-bond donors (Lipinski definition) is 1. The lowest BCUT2D eigenvalue weighted by atomic mass is 10.1. The maximum atomic E-state index is 13.5. The molecule has 0 bridgehead atoms. The molecule has 32 heavy (non-hydrogen) atoms. The van der Waals surface area contributed by atoms with E-state index in [2.05, 4.69) is 20.5 Å². The molecule has 3 heterocycles. The molecule has 0 unspecified atom stereocenters. The van der Waals surface area contributed by atoms with E-state index in [1.54, 1.807) is 19.9 Å². The second kappa shape index (κ2) is 8.49. The van der Waals surface area contributed by atoms with E-state index >= 15 is 0 Å². The fourth-order valence-corrected chi connectivity index (χ4v) is 3.80. The van der Waals surface area contributed by atoms with Gasteiger partial charge in [-0.1, -0.05) is 24.3 Å². The third-order valence-corrected chi connectivity index (χ3v) is 5.39. The third kappa shape index (κ3) is 4.23. The molecule has 0 saturated carbocycles. The van der Waals surface area contributed by atoms with Crippen LogP contribution >= 0.6 is 0 Å². The molecule has 0 radical (unpaired) electrons. The zero-order valence-electron chi connectivity index (χ0n) is 18.4. The number of amides is 1. The molecule has 1 aromatic carbocycles. The number of alkyl halides is 2. The van der Waals surface area contributed by atoms with Crippen LogP contribution in [0.5, 0.6) is 0 Å². The predicted octanol–water partition coefficient (Wildman–Crippen LogP) is 4.49. The Kier molecular flexibility index (Phi) is 5.73. The number of benzene rings is 1. The van der Waals surface area contributed by atoms with Crippen LogP contribution in [0.1, 0.15) is 40.2 Å². The third-order valence-electron chi connectivity index (χ3n) is 5.39. The number of anilines is 1. The number of carbonyl (C=O) groups excluding carboxylic acids is 1. The van der Waals surface area contributed by atoms with E-state index in [0.29, 0.717) is 23.8 Å². The van der Waals surface area contributed by atoms with Gasteiger partial charge in [0, 0.05) is 23.0 Å². The van der Waals surface area contributed by atoms with Gasteiger partial charge < -0.3 is 5.32 Å². The average Bonchev–Trinajstić information content (AvgIpc) is 3.21. The molecule has 0 aliphatic carbocycles. The normalized spacial score (nSPS) is 11.5. The highest BCUT2D eigenvalue weighted by Gasteiger charge is 2.21. The van der Waals surface area contributed by atoms with Crippen molar-refractivity contribution in [3.8, 4) is 0 Å². The molecular weight excluding hydrogens is 414 g/mol. The minimum absolute atomic E-state index is 0.123. The zero-order chi connectivity index (χ0) is 23.0. The number of halogens is 2. The van der Waals surface area contributed by atoms with Crippen molar-refractivity contribution in [1.29, 1.82) is 0 Å². The van der Waals surface area contributed by atoms with Crippen molar-refractivity contribution in [3.05, 3.63) is 70.2 Å². The van der Waals surface area contributed by atoms with Crippen molar-refractivity contribution in [2.75, 3.05) is 5.32 Å². The van der Waals surface area contributed by atoms with Crippen LogP contribution in [0.25, 0.3) is 11.0 Å². The van der Waals surface area contributed by atoms with Gasteiger partial charge in [-0.25, -0.2) is 18.4 Å². The molecule has 0 spiro atoms. The fourth-order valence-electron chi connectivity index (χ4n) is 3.80. The SMILES string of the molecule is Cc1cc(C(F)F)c2c(C)nn(CC(=O)Nc3cc(C)n(Cc4ccccc4C)n3)c2n1. The van der Waals surface area contributed by atoms with Gasteiger partial charge in [-0.2, -0.15) is 10.2 Å². The van der Waals surface area contributed by atoms with Crippen molar-refractivity contribution < 1.29 is 13.6 Å². The first kappa shape index (κ1) is 21.6. The summed E-state index contributed by atoms with van der Waals surface area (Å²) in [5, 5.41) is 11.8. The minimum Gasteiger partial charge on any atom is -0.308 e. The largest absolute Gasteiger partial charge is 0.308 e. The Morgan fingerprint density at radius 3 is 2.53 bits per heavy atom. The van der Waals surface area contributed by atoms with Crippen LogP contribution < -0.4 is 5.32 Å². The first-order valence-corrected chi connectivity index (χ1v) is 10.2. The molecule has 0 atom stereocenters. The van der Waals surface area contributed by atoms with E-state index in [1.165, 1.54) is 16.3 Å². The van der Waals surface area contributed by atoms with Crippen LogP contribution in [0, 0.1) is 27.7 Å². The predicted molar refractivity (Wildman–Crippen MR) is 118 cm³/mol. The number of carbonyl (C=O) groups is 1.